The molecule has 1 saturated carbocycles. The second kappa shape index (κ2) is 10.2. The summed E-state index contributed by atoms with van der Waals surface area (Å²) >= 11 is 0. The lowest BCUT2D eigenvalue weighted by Crippen LogP contribution is -2.43. The van der Waals surface area contributed by atoms with E-state index >= 15 is 0 Å². The Morgan fingerprint density at radius 1 is 1.19 bits per heavy atom. The Morgan fingerprint density at radius 3 is 2.54 bits per heavy atom. The number of carbonyl (C=O) groups is 2. The van der Waals surface area contributed by atoms with E-state index in [0.29, 0.717) is 6.42 Å². The molecule has 0 unspecified atom stereocenters. The smallest absolute Gasteiger partial charge is 0.416 e. The Labute approximate surface area is 211 Å². The second-order valence-electron chi connectivity index (χ2n) is 10.1. The lowest BCUT2D eigenvalue weighted by Gasteiger charge is -2.28. The van der Waals surface area contributed by atoms with E-state index in [2.05, 4.69) is 15.5 Å². The van der Waals surface area contributed by atoms with Crippen LogP contribution in [0.5, 0.6) is 5.75 Å². The highest BCUT2D eigenvalue weighted by Crippen LogP contribution is 2.39. The largest absolute Gasteiger partial charge is 0.490 e. The molecule has 10 nitrogen and oxygen atoms in total. The van der Waals surface area contributed by atoms with E-state index in [1.54, 1.807) is 20.8 Å². The molecule has 2 amide bonds. The van der Waals surface area contributed by atoms with Gasteiger partial charge in [0.15, 0.2) is 0 Å². The molecule has 13 heteroatoms. The number of nitrogens with zero attached hydrogens (tertiary/aromatic N) is 3. The van der Waals surface area contributed by atoms with E-state index in [4.69, 9.17) is 18.6 Å². The topological polar surface area (TPSA) is 116 Å². The zero-order valence-corrected chi connectivity index (χ0v) is 20.9. The number of hydrogen-bond donors (Lipinski definition) is 1. The van der Waals surface area contributed by atoms with Crippen LogP contribution in [0.1, 0.15) is 56.3 Å². The Hall–Kier alpha value is -3.35. The minimum Gasteiger partial charge on any atom is -0.490 e. The zero-order valence-electron chi connectivity index (χ0n) is 20.9. The van der Waals surface area contributed by atoms with E-state index < -0.39 is 41.3 Å². The highest BCUT2D eigenvalue weighted by Gasteiger charge is 2.39. The standard InChI is InChI=1S/C24H29F3N4O6/c1-23(2,3)37-22(33)31-11-14(10-15(31)12-34-4)28-19(32)21-30-29-20(36-21)17-9-13(24(25,26)27)5-8-18(17)35-16-6-7-16/h5,8-9,14-16H,6-7,10-12H2,1-4H3,(H,28,32)/t14-,15+/m1/s1. The first-order valence-electron chi connectivity index (χ1n) is 11.8. The summed E-state index contributed by atoms with van der Waals surface area (Å²) in [5.74, 6) is -1.25. The molecule has 1 saturated heterocycles. The highest BCUT2D eigenvalue weighted by molar-refractivity contribution is 5.90. The maximum absolute atomic E-state index is 13.3. The molecule has 1 aliphatic heterocycles. The molecule has 1 N–H and O–H groups in total. The fraction of sp³-hybridized carbons (Fsp3) is 0.583. The maximum atomic E-state index is 13.3. The Bertz CT molecular complexity index is 1140. The Morgan fingerprint density at radius 2 is 1.92 bits per heavy atom. The number of methoxy groups -OCH3 is 1. The number of hydrogen-bond acceptors (Lipinski definition) is 8. The molecule has 37 heavy (non-hydrogen) atoms. The first-order chi connectivity index (χ1) is 17.3. The molecule has 0 bridgehead atoms. The number of aromatic nitrogens is 2. The second-order valence-corrected chi connectivity index (χ2v) is 10.1. The van der Waals surface area contributed by atoms with Crippen LogP contribution in [0.2, 0.25) is 0 Å². The summed E-state index contributed by atoms with van der Waals surface area (Å²) in [6.45, 7) is 5.68. The monoisotopic (exact) mass is 526 g/mol. The van der Waals surface area contributed by atoms with Gasteiger partial charge in [0.1, 0.15) is 11.4 Å². The summed E-state index contributed by atoms with van der Waals surface area (Å²) in [5, 5.41) is 10.3. The van der Waals surface area contributed by atoms with Crippen molar-refractivity contribution in [2.45, 2.75) is 70.0 Å². The van der Waals surface area contributed by atoms with Crippen LogP contribution in [-0.2, 0) is 15.7 Å². The van der Waals surface area contributed by atoms with Gasteiger partial charge in [-0.15, -0.1) is 10.2 Å². The van der Waals surface area contributed by atoms with E-state index in [9.17, 15) is 22.8 Å². The summed E-state index contributed by atoms with van der Waals surface area (Å²) in [6, 6.07) is 2.20. The molecular formula is C24H29F3N4O6. The van der Waals surface area contributed by atoms with Crippen LogP contribution in [0.3, 0.4) is 0 Å². The fourth-order valence-electron chi connectivity index (χ4n) is 3.93. The van der Waals surface area contributed by atoms with Crippen LogP contribution >= 0.6 is 0 Å². The SMILES string of the molecule is COC[C@@H]1C[C@@H](NC(=O)c2nnc(-c3cc(C(F)(F)F)ccc3OC3CC3)o2)CN1C(=O)OC(C)(C)C. The van der Waals surface area contributed by atoms with Crippen molar-refractivity contribution in [1.29, 1.82) is 0 Å². The third kappa shape index (κ3) is 6.70. The molecule has 0 radical (unpaired) electrons. The highest BCUT2D eigenvalue weighted by atomic mass is 19.4. The van der Waals surface area contributed by atoms with Crippen molar-refractivity contribution >= 4 is 12.0 Å². The van der Waals surface area contributed by atoms with Gasteiger partial charge in [0.25, 0.3) is 5.89 Å². The van der Waals surface area contributed by atoms with Crippen molar-refractivity contribution in [3.63, 3.8) is 0 Å². The predicted molar refractivity (Wildman–Crippen MR) is 123 cm³/mol. The number of halogens is 3. The molecule has 1 aromatic carbocycles. The number of carbonyl (C=O) groups excluding carboxylic acids is 2. The van der Waals surface area contributed by atoms with Crippen LogP contribution in [-0.4, -0.2) is 71.1 Å². The Balaban J connectivity index is 1.49. The molecule has 4 rings (SSSR count). The summed E-state index contributed by atoms with van der Waals surface area (Å²) < 4.78 is 61.7. The summed E-state index contributed by atoms with van der Waals surface area (Å²) in [6.07, 6.45) is -3.22. The van der Waals surface area contributed by atoms with Crippen LogP contribution < -0.4 is 10.1 Å². The minimum absolute atomic E-state index is 0.0506. The normalized spacial score (nSPS) is 20.1. The lowest BCUT2D eigenvalue weighted by atomic mass is 10.1. The van der Waals surface area contributed by atoms with Gasteiger partial charge in [0.05, 0.1) is 29.9 Å². The fourth-order valence-corrected chi connectivity index (χ4v) is 3.93. The molecule has 2 atom stereocenters. The molecule has 202 valence electrons. The first-order valence-corrected chi connectivity index (χ1v) is 11.8. The van der Waals surface area contributed by atoms with Crippen molar-refractivity contribution in [2.24, 2.45) is 0 Å². The van der Waals surface area contributed by atoms with Gasteiger partial charge in [0.2, 0.25) is 0 Å². The van der Waals surface area contributed by atoms with E-state index in [0.717, 1.165) is 25.0 Å². The van der Waals surface area contributed by atoms with Crippen molar-refractivity contribution in [3.05, 3.63) is 29.7 Å². The van der Waals surface area contributed by atoms with Gasteiger partial charge in [-0.25, -0.2) is 4.79 Å². The molecule has 2 fully saturated rings. The molecule has 0 spiro atoms. The Kier molecular flexibility index (Phi) is 7.36. The number of benzene rings is 1. The summed E-state index contributed by atoms with van der Waals surface area (Å²) in [4.78, 5) is 26.9. The van der Waals surface area contributed by atoms with E-state index in [1.807, 2.05) is 0 Å². The van der Waals surface area contributed by atoms with Crippen LogP contribution in [0, 0.1) is 0 Å². The van der Waals surface area contributed by atoms with Crippen molar-refractivity contribution in [2.75, 3.05) is 20.3 Å². The number of amides is 2. The average molecular weight is 527 g/mol. The van der Waals surface area contributed by atoms with Gasteiger partial charge >= 0.3 is 24.1 Å². The lowest BCUT2D eigenvalue weighted by molar-refractivity contribution is -0.137. The first kappa shape index (κ1) is 26.7. The third-order valence-electron chi connectivity index (χ3n) is 5.71. The minimum atomic E-state index is -4.59. The molecule has 2 aromatic rings. The molecule has 1 aliphatic carbocycles. The van der Waals surface area contributed by atoms with Crippen molar-refractivity contribution in [1.82, 2.24) is 20.4 Å². The molecule has 2 aliphatic rings. The number of likely N-dealkylation sites (tertiary alicyclic amines) is 1. The number of nitrogens with one attached hydrogen (secondary N) is 1. The van der Waals surface area contributed by atoms with E-state index in [-0.39, 0.29) is 42.5 Å². The summed E-state index contributed by atoms with van der Waals surface area (Å²) in [5.41, 5.74) is -1.65. The molecular weight excluding hydrogens is 497 g/mol. The van der Waals surface area contributed by atoms with E-state index in [1.165, 1.54) is 18.1 Å². The maximum Gasteiger partial charge on any atom is 0.416 e. The van der Waals surface area contributed by atoms with Crippen molar-refractivity contribution < 1.29 is 41.4 Å². The van der Waals surface area contributed by atoms with Crippen LogP contribution in [0.15, 0.2) is 22.6 Å². The summed E-state index contributed by atoms with van der Waals surface area (Å²) in [7, 11) is 1.51. The van der Waals surface area contributed by atoms with Crippen LogP contribution in [0.25, 0.3) is 11.5 Å². The number of rotatable bonds is 7. The molecule has 2 heterocycles. The average Bonchev–Trinajstić information content (AvgIpc) is 3.30. The quantitative estimate of drug-likeness (QED) is 0.575. The van der Waals surface area contributed by atoms with Gasteiger partial charge < -0.3 is 28.8 Å². The van der Waals surface area contributed by atoms with Gasteiger partial charge in [-0.2, -0.15) is 13.2 Å². The zero-order chi connectivity index (χ0) is 27.0. The van der Waals surface area contributed by atoms with Crippen molar-refractivity contribution in [3.8, 4) is 17.2 Å². The third-order valence-corrected chi connectivity index (χ3v) is 5.71. The van der Waals surface area contributed by atoms with Gasteiger partial charge in [-0.3, -0.25) is 4.79 Å². The van der Waals surface area contributed by atoms with Gasteiger partial charge in [-0.05, 0) is 58.2 Å². The van der Waals surface area contributed by atoms with Gasteiger partial charge in [0, 0.05) is 19.7 Å². The molecule has 1 aromatic heterocycles. The van der Waals surface area contributed by atoms with Gasteiger partial charge in [-0.1, -0.05) is 0 Å². The predicted octanol–water partition coefficient (Wildman–Crippen LogP) is 4.05. The number of ether oxygens (including phenoxy) is 3. The van der Waals surface area contributed by atoms with Crippen LogP contribution in [0.4, 0.5) is 18.0 Å². The number of alkyl halides is 3.